The fourth-order valence-corrected chi connectivity index (χ4v) is 2.73. The summed E-state index contributed by atoms with van der Waals surface area (Å²) in [5.41, 5.74) is 2.86. The monoisotopic (exact) mass is 273 g/mol. The van der Waals surface area contributed by atoms with Gasteiger partial charge in [0.1, 0.15) is 6.07 Å². The number of aliphatic hydroxyl groups excluding tert-OH is 1. The molecule has 1 saturated heterocycles. The lowest BCUT2D eigenvalue weighted by atomic mass is 10.0. The van der Waals surface area contributed by atoms with E-state index in [4.69, 9.17) is 0 Å². The lowest BCUT2D eigenvalue weighted by Crippen LogP contribution is -2.24. The van der Waals surface area contributed by atoms with E-state index in [2.05, 4.69) is 29.3 Å². The molecule has 4 nitrogen and oxygen atoms in total. The van der Waals surface area contributed by atoms with Gasteiger partial charge in [0.25, 0.3) is 0 Å². The summed E-state index contributed by atoms with van der Waals surface area (Å²) in [7, 11) is 0. The first-order valence-electron chi connectivity index (χ1n) is 7.32. The minimum Gasteiger partial charge on any atom is -0.393 e. The number of rotatable bonds is 5. The molecule has 2 unspecified atom stereocenters. The van der Waals surface area contributed by atoms with Crippen LogP contribution in [-0.4, -0.2) is 30.8 Å². The van der Waals surface area contributed by atoms with E-state index < -0.39 is 0 Å². The summed E-state index contributed by atoms with van der Waals surface area (Å²) in [6.07, 6.45) is 0.709. The van der Waals surface area contributed by atoms with Crippen molar-refractivity contribution in [2.75, 3.05) is 24.5 Å². The smallest absolute Gasteiger partial charge is 0.101 e. The second-order valence-electron chi connectivity index (χ2n) is 5.48. The molecule has 20 heavy (non-hydrogen) atoms. The molecule has 0 aromatic heterocycles. The number of nitrogens with one attached hydrogen (secondary N) is 1. The molecule has 1 aliphatic heterocycles. The van der Waals surface area contributed by atoms with Gasteiger partial charge in [-0.1, -0.05) is 13.0 Å². The van der Waals surface area contributed by atoms with E-state index in [1.54, 1.807) is 0 Å². The molecule has 2 rings (SSSR count). The van der Waals surface area contributed by atoms with Crippen molar-refractivity contribution in [2.24, 2.45) is 5.92 Å². The van der Waals surface area contributed by atoms with E-state index in [1.807, 2.05) is 19.1 Å². The standard InChI is InChI=1S/C16H23N3O/c1-3-18-10-13-4-5-16(15(8-13)9-17)19-7-6-14(11-19)12(2)20/h4-5,8,12,14,18,20H,3,6-7,10-11H2,1-2H3. The molecule has 0 spiro atoms. The largest absolute Gasteiger partial charge is 0.393 e. The fraction of sp³-hybridized carbons (Fsp3) is 0.562. The normalized spacial score (nSPS) is 19.9. The van der Waals surface area contributed by atoms with E-state index in [-0.39, 0.29) is 6.10 Å². The minimum absolute atomic E-state index is 0.279. The van der Waals surface area contributed by atoms with Crippen LogP contribution in [0.1, 0.15) is 31.4 Å². The summed E-state index contributed by atoms with van der Waals surface area (Å²) in [5.74, 6) is 0.308. The third kappa shape index (κ3) is 3.30. The van der Waals surface area contributed by atoms with Crippen molar-refractivity contribution < 1.29 is 5.11 Å². The van der Waals surface area contributed by atoms with Crippen LogP contribution >= 0.6 is 0 Å². The molecule has 0 amide bonds. The van der Waals surface area contributed by atoms with Crippen LogP contribution in [0.25, 0.3) is 0 Å². The second-order valence-corrected chi connectivity index (χ2v) is 5.48. The van der Waals surface area contributed by atoms with Crippen molar-refractivity contribution in [3.63, 3.8) is 0 Å². The predicted octanol–water partition coefficient (Wildman–Crippen LogP) is 1.87. The molecule has 1 fully saturated rings. The van der Waals surface area contributed by atoms with Crippen LogP contribution in [0.5, 0.6) is 0 Å². The highest BCUT2D eigenvalue weighted by Gasteiger charge is 2.27. The highest BCUT2D eigenvalue weighted by atomic mass is 16.3. The predicted molar refractivity (Wildman–Crippen MR) is 80.5 cm³/mol. The summed E-state index contributed by atoms with van der Waals surface area (Å²) in [4.78, 5) is 2.22. The maximum atomic E-state index is 9.68. The zero-order chi connectivity index (χ0) is 14.5. The highest BCUT2D eigenvalue weighted by Crippen LogP contribution is 2.29. The molecule has 1 heterocycles. The molecule has 1 aromatic rings. The first-order chi connectivity index (χ1) is 9.65. The molecule has 2 N–H and O–H groups in total. The Labute approximate surface area is 121 Å². The van der Waals surface area contributed by atoms with E-state index in [1.165, 1.54) is 0 Å². The van der Waals surface area contributed by atoms with Crippen LogP contribution in [0, 0.1) is 17.2 Å². The van der Waals surface area contributed by atoms with Gasteiger partial charge in [0.2, 0.25) is 0 Å². The van der Waals surface area contributed by atoms with Gasteiger partial charge in [-0.2, -0.15) is 5.26 Å². The van der Waals surface area contributed by atoms with Crippen molar-refractivity contribution in [3.8, 4) is 6.07 Å². The zero-order valence-electron chi connectivity index (χ0n) is 12.3. The third-order valence-electron chi connectivity index (χ3n) is 4.01. The zero-order valence-corrected chi connectivity index (χ0v) is 12.3. The Morgan fingerprint density at radius 1 is 1.55 bits per heavy atom. The quantitative estimate of drug-likeness (QED) is 0.860. The van der Waals surface area contributed by atoms with Crippen LogP contribution in [0.3, 0.4) is 0 Å². The van der Waals surface area contributed by atoms with Crippen molar-refractivity contribution >= 4 is 5.69 Å². The van der Waals surface area contributed by atoms with Gasteiger partial charge in [-0.15, -0.1) is 0 Å². The lowest BCUT2D eigenvalue weighted by Gasteiger charge is -2.21. The lowest BCUT2D eigenvalue weighted by molar-refractivity contribution is 0.136. The van der Waals surface area contributed by atoms with Gasteiger partial charge < -0.3 is 15.3 Å². The summed E-state index contributed by atoms with van der Waals surface area (Å²) in [6.45, 7) is 7.38. The first kappa shape index (κ1) is 14.8. The molecular formula is C16H23N3O. The highest BCUT2D eigenvalue weighted by molar-refractivity contribution is 5.61. The number of hydrogen-bond donors (Lipinski definition) is 2. The Kier molecular flexibility index (Phi) is 4.99. The summed E-state index contributed by atoms with van der Waals surface area (Å²) >= 11 is 0. The van der Waals surface area contributed by atoms with Crippen molar-refractivity contribution in [1.29, 1.82) is 5.26 Å². The van der Waals surface area contributed by atoms with Crippen LogP contribution in [0.4, 0.5) is 5.69 Å². The van der Waals surface area contributed by atoms with Gasteiger partial charge >= 0.3 is 0 Å². The Balaban J connectivity index is 2.14. The number of nitrogens with zero attached hydrogens (tertiary/aromatic N) is 2. The van der Waals surface area contributed by atoms with Gasteiger partial charge in [-0.25, -0.2) is 0 Å². The molecule has 0 radical (unpaired) electrons. The Hall–Kier alpha value is -1.57. The summed E-state index contributed by atoms with van der Waals surface area (Å²) in [5, 5.41) is 22.3. The molecular weight excluding hydrogens is 250 g/mol. The van der Waals surface area contributed by atoms with Crippen LogP contribution in [0.15, 0.2) is 18.2 Å². The molecule has 108 valence electrons. The van der Waals surface area contributed by atoms with E-state index in [0.29, 0.717) is 5.92 Å². The summed E-state index contributed by atoms with van der Waals surface area (Å²) < 4.78 is 0. The molecule has 1 aliphatic rings. The first-order valence-corrected chi connectivity index (χ1v) is 7.32. The minimum atomic E-state index is -0.279. The Morgan fingerprint density at radius 2 is 2.35 bits per heavy atom. The molecule has 4 heteroatoms. The second kappa shape index (κ2) is 6.74. The number of nitriles is 1. The average molecular weight is 273 g/mol. The topological polar surface area (TPSA) is 59.3 Å². The van der Waals surface area contributed by atoms with Gasteiger partial charge in [-0.05, 0) is 37.6 Å². The molecule has 0 saturated carbocycles. The number of hydrogen-bond acceptors (Lipinski definition) is 4. The van der Waals surface area contributed by atoms with Crippen LogP contribution in [-0.2, 0) is 6.54 Å². The van der Waals surface area contributed by atoms with Gasteiger partial charge in [-0.3, -0.25) is 0 Å². The average Bonchev–Trinajstić information content (AvgIpc) is 2.94. The van der Waals surface area contributed by atoms with Crippen molar-refractivity contribution in [2.45, 2.75) is 32.9 Å². The summed E-state index contributed by atoms with van der Waals surface area (Å²) in [6, 6.07) is 8.38. The molecule has 0 aliphatic carbocycles. The van der Waals surface area contributed by atoms with Crippen LogP contribution in [0.2, 0.25) is 0 Å². The number of benzene rings is 1. The molecule has 2 atom stereocenters. The number of anilines is 1. The Bertz CT molecular complexity index is 493. The van der Waals surface area contributed by atoms with E-state index in [9.17, 15) is 10.4 Å². The number of aliphatic hydroxyl groups is 1. The van der Waals surface area contributed by atoms with E-state index in [0.717, 1.165) is 49.4 Å². The fourth-order valence-electron chi connectivity index (χ4n) is 2.73. The van der Waals surface area contributed by atoms with Gasteiger partial charge in [0.05, 0.1) is 17.4 Å². The molecule has 0 bridgehead atoms. The maximum absolute atomic E-state index is 9.68. The van der Waals surface area contributed by atoms with Gasteiger partial charge in [0.15, 0.2) is 0 Å². The molecule has 1 aromatic carbocycles. The van der Waals surface area contributed by atoms with Crippen LogP contribution < -0.4 is 10.2 Å². The maximum Gasteiger partial charge on any atom is 0.101 e. The Morgan fingerprint density at radius 3 is 2.95 bits per heavy atom. The SMILES string of the molecule is CCNCc1ccc(N2CCC(C(C)O)C2)c(C#N)c1. The third-order valence-corrected chi connectivity index (χ3v) is 4.01. The van der Waals surface area contributed by atoms with Crippen molar-refractivity contribution in [3.05, 3.63) is 29.3 Å². The van der Waals surface area contributed by atoms with Crippen molar-refractivity contribution in [1.82, 2.24) is 5.32 Å². The van der Waals surface area contributed by atoms with Gasteiger partial charge in [0, 0.05) is 25.6 Å². The van der Waals surface area contributed by atoms with E-state index >= 15 is 0 Å².